The lowest BCUT2D eigenvalue weighted by molar-refractivity contribution is -0.240. The van der Waals surface area contributed by atoms with Crippen LogP contribution < -0.4 is 0 Å². The first-order valence-corrected chi connectivity index (χ1v) is 10.1. The van der Waals surface area contributed by atoms with Crippen LogP contribution in [0.2, 0.25) is 0 Å². The van der Waals surface area contributed by atoms with Crippen molar-refractivity contribution in [2.24, 2.45) is 34.5 Å². The number of fused-ring (bicyclic) bond motifs is 6. The van der Waals surface area contributed by atoms with Crippen LogP contribution in [0.25, 0.3) is 0 Å². The summed E-state index contributed by atoms with van der Waals surface area (Å²) in [6.45, 7) is 7.93. The van der Waals surface area contributed by atoms with Crippen molar-refractivity contribution in [1.29, 1.82) is 0 Å². The lowest BCUT2D eigenvalue weighted by Crippen LogP contribution is -2.60. The highest BCUT2D eigenvalue weighted by Gasteiger charge is 2.69. The minimum Gasteiger partial charge on any atom is -0.347 e. The molecule has 140 valence electrons. The van der Waals surface area contributed by atoms with E-state index < -0.39 is 5.79 Å². The largest absolute Gasteiger partial charge is 0.347 e. The van der Waals surface area contributed by atoms with Crippen molar-refractivity contribution < 1.29 is 19.1 Å². The maximum atomic E-state index is 13.5. The van der Waals surface area contributed by atoms with Gasteiger partial charge in [0, 0.05) is 29.6 Å². The standard InChI is InChI=1S/C22H28O4/c1-13-10-14-11-15(23)4-6-20(14,2)19-17(24)12-21(3)16(18(13)19)5-7-22(21)25-8-9-26-22/h4,6,11,13,16,18-19H,5,7-10,12H2,1-3H3/t13?,16-,18-,19-,20-,21-/m0/s1. The Morgan fingerprint density at radius 2 is 1.88 bits per heavy atom. The molecule has 1 saturated heterocycles. The van der Waals surface area contributed by atoms with Gasteiger partial charge in [-0.3, -0.25) is 9.59 Å². The topological polar surface area (TPSA) is 52.6 Å². The minimum atomic E-state index is -0.562. The van der Waals surface area contributed by atoms with Gasteiger partial charge in [-0.1, -0.05) is 32.4 Å². The van der Waals surface area contributed by atoms with Crippen molar-refractivity contribution in [1.82, 2.24) is 0 Å². The fourth-order valence-corrected chi connectivity index (χ4v) is 7.22. The summed E-state index contributed by atoms with van der Waals surface area (Å²) in [6.07, 6.45) is 8.85. The van der Waals surface area contributed by atoms with E-state index in [1.54, 1.807) is 12.2 Å². The number of ether oxygens (including phenoxy) is 2. The average Bonchev–Trinajstić information content (AvgIpc) is 3.16. The Bertz CT molecular complexity index is 743. The van der Waals surface area contributed by atoms with Crippen LogP contribution in [0.1, 0.15) is 46.5 Å². The second-order valence-corrected chi connectivity index (χ2v) is 9.58. The molecule has 0 amide bonds. The predicted molar refractivity (Wildman–Crippen MR) is 96.2 cm³/mol. The average molecular weight is 356 g/mol. The number of hydrogen-bond acceptors (Lipinski definition) is 4. The lowest BCUT2D eigenvalue weighted by atomic mass is 9.45. The quantitative estimate of drug-likeness (QED) is 0.667. The molecule has 0 bridgehead atoms. The van der Waals surface area contributed by atoms with Crippen LogP contribution in [0.15, 0.2) is 23.8 Å². The molecule has 0 aromatic rings. The first kappa shape index (κ1) is 16.9. The van der Waals surface area contributed by atoms with Gasteiger partial charge in [-0.2, -0.15) is 0 Å². The Morgan fingerprint density at radius 3 is 2.62 bits per heavy atom. The van der Waals surface area contributed by atoms with Gasteiger partial charge in [0.1, 0.15) is 5.78 Å². The number of allylic oxidation sites excluding steroid dienone is 4. The van der Waals surface area contributed by atoms with Crippen molar-refractivity contribution >= 4 is 11.6 Å². The molecular formula is C22H28O4. The molecule has 1 heterocycles. The third-order valence-corrected chi connectivity index (χ3v) is 8.41. The predicted octanol–water partition coefficient (Wildman–Crippen LogP) is 3.46. The van der Waals surface area contributed by atoms with Gasteiger partial charge < -0.3 is 9.47 Å². The molecule has 4 fully saturated rings. The van der Waals surface area contributed by atoms with Crippen molar-refractivity contribution in [3.05, 3.63) is 23.8 Å². The van der Waals surface area contributed by atoms with Gasteiger partial charge in [-0.25, -0.2) is 0 Å². The van der Waals surface area contributed by atoms with Crippen LogP contribution in [0.5, 0.6) is 0 Å². The van der Waals surface area contributed by atoms with Crippen molar-refractivity contribution in [3.8, 4) is 0 Å². The summed E-state index contributed by atoms with van der Waals surface area (Å²) in [5.41, 5.74) is 0.607. The Morgan fingerprint density at radius 1 is 1.15 bits per heavy atom. The number of Topliss-reactive ketones (excluding diaryl/α,β-unsaturated/α-hetero) is 1. The smallest absolute Gasteiger partial charge is 0.178 e. The highest BCUT2D eigenvalue weighted by atomic mass is 16.7. The van der Waals surface area contributed by atoms with Gasteiger partial charge >= 0.3 is 0 Å². The molecule has 3 saturated carbocycles. The van der Waals surface area contributed by atoms with Gasteiger partial charge in [0.2, 0.25) is 0 Å². The third-order valence-electron chi connectivity index (χ3n) is 8.41. The monoisotopic (exact) mass is 356 g/mol. The molecule has 0 radical (unpaired) electrons. The van der Waals surface area contributed by atoms with Crippen LogP contribution in [0.3, 0.4) is 0 Å². The van der Waals surface area contributed by atoms with Gasteiger partial charge in [0.15, 0.2) is 11.6 Å². The fourth-order valence-electron chi connectivity index (χ4n) is 7.22. The van der Waals surface area contributed by atoms with Gasteiger partial charge in [-0.15, -0.1) is 0 Å². The highest BCUT2D eigenvalue weighted by molar-refractivity contribution is 6.01. The van der Waals surface area contributed by atoms with E-state index in [9.17, 15) is 9.59 Å². The normalized spacial score (nSPS) is 49.0. The molecule has 26 heavy (non-hydrogen) atoms. The Hall–Kier alpha value is -1.26. The Balaban J connectivity index is 1.60. The van der Waals surface area contributed by atoms with Gasteiger partial charge in [0.05, 0.1) is 13.2 Å². The molecule has 5 rings (SSSR count). The molecule has 1 unspecified atom stereocenters. The molecular weight excluding hydrogens is 328 g/mol. The van der Waals surface area contributed by atoms with E-state index in [0.29, 0.717) is 43.2 Å². The maximum Gasteiger partial charge on any atom is 0.178 e. The lowest BCUT2D eigenvalue weighted by Gasteiger charge is -2.58. The molecule has 0 aromatic carbocycles. The Labute approximate surface area is 155 Å². The van der Waals surface area contributed by atoms with Crippen LogP contribution in [0, 0.1) is 34.5 Å². The summed E-state index contributed by atoms with van der Waals surface area (Å²) < 4.78 is 12.3. The van der Waals surface area contributed by atoms with E-state index in [4.69, 9.17) is 9.47 Å². The summed E-state index contributed by atoms with van der Waals surface area (Å²) in [4.78, 5) is 25.5. The highest BCUT2D eigenvalue weighted by Crippen LogP contribution is 2.68. The van der Waals surface area contributed by atoms with E-state index in [-0.39, 0.29) is 22.5 Å². The zero-order valence-electron chi connectivity index (χ0n) is 15.9. The van der Waals surface area contributed by atoms with E-state index in [1.807, 2.05) is 6.08 Å². The summed E-state index contributed by atoms with van der Waals surface area (Å²) in [5.74, 6) is 0.946. The molecule has 1 spiro atoms. The van der Waals surface area contributed by atoms with E-state index in [1.165, 1.54) is 0 Å². The maximum absolute atomic E-state index is 13.5. The fraction of sp³-hybridized carbons (Fsp3) is 0.727. The van der Waals surface area contributed by atoms with Crippen LogP contribution in [-0.2, 0) is 19.1 Å². The molecule has 4 heteroatoms. The molecule has 1 aliphatic heterocycles. The minimum absolute atomic E-state index is 0.0310. The third kappa shape index (κ3) is 1.87. The molecule has 6 atom stereocenters. The molecule has 5 aliphatic rings. The molecule has 4 aliphatic carbocycles. The van der Waals surface area contributed by atoms with Crippen LogP contribution >= 0.6 is 0 Å². The summed E-state index contributed by atoms with van der Waals surface area (Å²) in [7, 11) is 0. The number of carbonyl (C=O) groups excluding carboxylic acids is 2. The second-order valence-electron chi connectivity index (χ2n) is 9.58. The zero-order chi connectivity index (χ0) is 18.3. The van der Waals surface area contributed by atoms with E-state index in [0.717, 1.165) is 24.8 Å². The molecule has 0 N–H and O–H groups in total. The van der Waals surface area contributed by atoms with Crippen LogP contribution in [-0.4, -0.2) is 30.6 Å². The SMILES string of the molecule is CC1CC2=CC(=O)C=C[C@]2(C)[C@H]2C(=O)C[C@@]3(C)[C@@H](CCC34OCCO4)[C@H]12. The second kappa shape index (κ2) is 5.17. The van der Waals surface area contributed by atoms with E-state index >= 15 is 0 Å². The summed E-state index contributed by atoms with van der Waals surface area (Å²) >= 11 is 0. The first-order chi connectivity index (χ1) is 12.3. The summed E-state index contributed by atoms with van der Waals surface area (Å²) in [5, 5.41) is 0. The zero-order valence-corrected chi connectivity index (χ0v) is 15.9. The van der Waals surface area contributed by atoms with Crippen LogP contribution in [0.4, 0.5) is 0 Å². The number of carbonyl (C=O) groups is 2. The van der Waals surface area contributed by atoms with Gasteiger partial charge in [-0.05, 0) is 42.7 Å². The number of rotatable bonds is 0. The Kier molecular flexibility index (Phi) is 3.36. The van der Waals surface area contributed by atoms with Crippen molar-refractivity contribution in [2.45, 2.75) is 52.2 Å². The van der Waals surface area contributed by atoms with Crippen molar-refractivity contribution in [2.75, 3.05) is 13.2 Å². The van der Waals surface area contributed by atoms with E-state index in [2.05, 4.69) is 20.8 Å². The van der Waals surface area contributed by atoms with Crippen molar-refractivity contribution in [3.63, 3.8) is 0 Å². The molecule has 4 nitrogen and oxygen atoms in total. The number of ketones is 2. The first-order valence-electron chi connectivity index (χ1n) is 10.1. The van der Waals surface area contributed by atoms with Gasteiger partial charge in [0.25, 0.3) is 0 Å². The summed E-state index contributed by atoms with van der Waals surface area (Å²) in [6, 6.07) is 0. The number of hydrogen-bond donors (Lipinski definition) is 0. The molecule has 0 aromatic heterocycles.